The fourth-order valence-corrected chi connectivity index (χ4v) is 2.64. The number of hydrogen-bond donors (Lipinski definition) is 0. The van der Waals surface area contributed by atoms with Crippen molar-refractivity contribution in [3.05, 3.63) is 69.9 Å². The number of aryl methyl sites for hydroxylation is 2. The van der Waals surface area contributed by atoms with E-state index in [2.05, 4.69) is 29.2 Å². The molecule has 0 atom stereocenters. The van der Waals surface area contributed by atoms with Crippen molar-refractivity contribution in [1.29, 1.82) is 0 Å². The highest BCUT2D eigenvalue weighted by atomic mass is 32.1. The molecule has 2 aromatic heterocycles. The van der Waals surface area contributed by atoms with Crippen molar-refractivity contribution in [2.24, 2.45) is 10.1 Å². The summed E-state index contributed by atoms with van der Waals surface area (Å²) >= 11 is 1.56. The van der Waals surface area contributed by atoms with Crippen molar-refractivity contribution >= 4 is 23.2 Å². The van der Waals surface area contributed by atoms with Crippen LogP contribution in [-0.4, -0.2) is 10.9 Å². The van der Waals surface area contributed by atoms with Gasteiger partial charge in [-0.15, -0.1) is 11.3 Å². The molecule has 0 unspecified atom stereocenters. The maximum atomic E-state index is 5.25. The molecule has 3 rings (SSSR count). The first-order chi connectivity index (χ1) is 10.2. The van der Waals surface area contributed by atoms with Gasteiger partial charge in [-0.25, -0.2) is 9.67 Å². The van der Waals surface area contributed by atoms with E-state index in [1.54, 1.807) is 23.8 Å². The molecule has 3 aromatic rings. The lowest BCUT2D eigenvalue weighted by Gasteiger charge is -1.97. The van der Waals surface area contributed by atoms with Crippen molar-refractivity contribution in [2.75, 3.05) is 0 Å². The van der Waals surface area contributed by atoms with Crippen molar-refractivity contribution in [2.45, 2.75) is 13.8 Å². The summed E-state index contributed by atoms with van der Waals surface area (Å²) in [6, 6.07) is 11.8. The van der Waals surface area contributed by atoms with E-state index >= 15 is 0 Å². The lowest BCUT2D eigenvalue weighted by atomic mass is 10.2. The van der Waals surface area contributed by atoms with Crippen LogP contribution in [0.15, 0.2) is 62.6 Å². The van der Waals surface area contributed by atoms with Crippen molar-refractivity contribution in [3.63, 3.8) is 0 Å². The molecule has 4 nitrogen and oxygen atoms in total. The first-order valence-corrected chi connectivity index (χ1v) is 7.47. The summed E-state index contributed by atoms with van der Waals surface area (Å²) < 4.78 is 7.07. The minimum Gasteiger partial charge on any atom is -0.463 e. The second-order valence-electron chi connectivity index (χ2n) is 4.68. The smallest absolute Gasteiger partial charge is 0.211 e. The number of nitrogens with zero attached hydrogens (tertiary/aromatic N) is 3. The Labute approximate surface area is 126 Å². The molecule has 1 aromatic carbocycles. The lowest BCUT2D eigenvalue weighted by Crippen LogP contribution is -2.11. The van der Waals surface area contributed by atoms with Gasteiger partial charge >= 0.3 is 0 Å². The monoisotopic (exact) mass is 297 g/mol. The molecule has 0 fully saturated rings. The van der Waals surface area contributed by atoms with Crippen LogP contribution in [-0.2, 0) is 0 Å². The van der Waals surface area contributed by atoms with Crippen LogP contribution in [0.25, 0.3) is 0 Å². The average molecular weight is 297 g/mol. The van der Waals surface area contributed by atoms with Gasteiger partial charge in [0.05, 0.1) is 23.9 Å². The van der Waals surface area contributed by atoms with Crippen LogP contribution >= 0.6 is 11.3 Å². The van der Waals surface area contributed by atoms with E-state index < -0.39 is 0 Å². The third-order valence-corrected chi connectivity index (χ3v) is 3.89. The van der Waals surface area contributed by atoms with Gasteiger partial charge in [-0.1, -0.05) is 17.7 Å². The van der Waals surface area contributed by atoms with Crippen molar-refractivity contribution in [1.82, 2.24) is 4.68 Å². The Balaban J connectivity index is 1.98. The van der Waals surface area contributed by atoms with Crippen LogP contribution in [0, 0.1) is 13.8 Å². The van der Waals surface area contributed by atoms with Gasteiger partial charge in [-0.2, -0.15) is 5.10 Å². The molecule has 0 amide bonds. The van der Waals surface area contributed by atoms with E-state index in [1.807, 2.05) is 41.2 Å². The summed E-state index contributed by atoms with van der Waals surface area (Å²) in [5, 5.41) is 6.47. The molecule has 0 aliphatic carbocycles. The summed E-state index contributed by atoms with van der Waals surface area (Å²) in [6.07, 6.45) is 3.32. The van der Waals surface area contributed by atoms with Gasteiger partial charge in [0.25, 0.3) is 0 Å². The average Bonchev–Trinajstić information content (AvgIpc) is 3.10. The fraction of sp³-hybridized carbons (Fsp3) is 0.125. The summed E-state index contributed by atoms with van der Waals surface area (Å²) in [5.74, 6) is 0.717. The first kappa shape index (κ1) is 13.6. The molecule has 0 bridgehead atoms. The summed E-state index contributed by atoms with van der Waals surface area (Å²) in [4.78, 5) is 5.47. The predicted molar refractivity (Wildman–Crippen MR) is 85.1 cm³/mol. The van der Waals surface area contributed by atoms with E-state index in [0.29, 0.717) is 0 Å². The zero-order chi connectivity index (χ0) is 14.7. The lowest BCUT2D eigenvalue weighted by molar-refractivity contribution is 0.559. The molecule has 0 aliphatic rings. The quantitative estimate of drug-likeness (QED) is 0.677. The van der Waals surface area contributed by atoms with E-state index in [-0.39, 0.29) is 0 Å². The minimum absolute atomic E-state index is 0.717. The summed E-state index contributed by atoms with van der Waals surface area (Å²) in [6.45, 7) is 4.07. The maximum absolute atomic E-state index is 5.25. The fourth-order valence-electron chi connectivity index (χ4n) is 1.81. The molecule has 2 heterocycles. The molecule has 0 spiro atoms. The molecule has 0 saturated carbocycles. The van der Waals surface area contributed by atoms with Gasteiger partial charge < -0.3 is 4.42 Å². The highest BCUT2D eigenvalue weighted by Gasteiger charge is 2.00. The van der Waals surface area contributed by atoms with Gasteiger partial charge in [0.2, 0.25) is 4.80 Å². The number of benzene rings is 1. The highest BCUT2D eigenvalue weighted by molar-refractivity contribution is 7.07. The predicted octanol–water partition coefficient (Wildman–Crippen LogP) is 3.87. The number of aromatic nitrogens is 1. The molecular weight excluding hydrogens is 282 g/mol. The molecule has 5 heteroatoms. The molecule has 0 aliphatic heterocycles. The molecule has 0 N–H and O–H groups in total. The zero-order valence-corrected chi connectivity index (χ0v) is 12.7. The van der Waals surface area contributed by atoms with Gasteiger partial charge in [0.1, 0.15) is 5.76 Å². The normalized spacial score (nSPS) is 12.4. The Morgan fingerprint density at radius 1 is 1.14 bits per heavy atom. The van der Waals surface area contributed by atoms with E-state index in [9.17, 15) is 0 Å². The first-order valence-electron chi connectivity index (χ1n) is 6.59. The minimum atomic E-state index is 0.717. The Bertz CT molecular complexity index is 808. The van der Waals surface area contributed by atoms with E-state index in [4.69, 9.17) is 4.42 Å². The van der Waals surface area contributed by atoms with Crippen LogP contribution in [0.5, 0.6) is 0 Å². The molecule has 21 heavy (non-hydrogen) atoms. The standard InChI is InChI=1S/C16H15N3OS/c1-12-5-7-14(8-6-12)18-16-19(13(2)11-21-16)17-10-15-4-3-9-20-15/h3-11H,1-2H3. The van der Waals surface area contributed by atoms with Crippen LogP contribution in [0.1, 0.15) is 17.0 Å². The van der Waals surface area contributed by atoms with Crippen LogP contribution in [0.4, 0.5) is 5.69 Å². The highest BCUT2D eigenvalue weighted by Crippen LogP contribution is 2.12. The van der Waals surface area contributed by atoms with E-state index in [0.717, 1.165) is 21.9 Å². The number of furan rings is 1. The Morgan fingerprint density at radius 2 is 1.95 bits per heavy atom. The van der Waals surface area contributed by atoms with Gasteiger partial charge in [-0.3, -0.25) is 0 Å². The van der Waals surface area contributed by atoms with Gasteiger partial charge in [0, 0.05) is 5.38 Å². The Kier molecular flexibility index (Phi) is 3.83. The zero-order valence-electron chi connectivity index (χ0n) is 11.9. The summed E-state index contributed by atoms with van der Waals surface area (Å²) in [5.41, 5.74) is 3.18. The van der Waals surface area contributed by atoms with Crippen molar-refractivity contribution in [3.8, 4) is 0 Å². The van der Waals surface area contributed by atoms with Crippen molar-refractivity contribution < 1.29 is 4.42 Å². The van der Waals surface area contributed by atoms with Crippen LogP contribution in [0.3, 0.4) is 0 Å². The van der Waals surface area contributed by atoms with Gasteiger partial charge in [0.15, 0.2) is 0 Å². The maximum Gasteiger partial charge on any atom is 0.211 e. The van der Waals surface area contributed by atoms with Gasteiger partial charge in [-0.05, 0) is 38.1 Å². The molecule has 0 saturated heterocycles. The topological polar surface area (TPSA) is 42.8 Å². The number of hydrogen-bond acceptors (Lipinski definition) is 4. The third-order valence-electron chi connectivity index (χ3n) is 2.95. The van der Waals surface area contributed by atoms with Crippen LogP contribution < -0.4 is 4.80 Å². The molecular formula is C16H15N3OS. The SMILES string of the molecule is Cc1ccc(N=c2scc(C)n2N=Cc2ccco2)cc1. The number of rotatable bonds is 3. The van der Waals surface area contributed by atoms with Crippen LogP contribution in [0.2, 0.25) is 0 Å². The Morgan fingerprint density at radius 3 is 2.67 bits per heavy atom. The molecule has 0 radical (unpaired) electrons. The second kappa shape index (κ2) is 5.93. The number of thiazole rings is 1. The van der Waals surface area contributed by atoms with E-state index in [1.165, 1.54) is 5.56 Å². The summed E-state index contributed by atoms with van der Waals surface area (Å²) in [7, 11) is 0. The third kappa shape index (κ3) is 3.20. The molecule has 106 valence electrons. The second-order valence-corrected chi connectivity index (χ2v) is 5.52. The largest absolute Gasteiger partial charge is 0.463 e. The Hall–Kier alpha value is -2.40.